The zero-order valence-electron chi connectivity index (χ0n) is 9.64. The van der Waals surface area contributed by atoms with Crippen LogP contribution in [0.5, 0.6) is 0 Å². The summed E-state index contributed by atoms with van der Waals surface area (Å²) < 4.78 is 24.1. The zero-order chi connectivity index (χ0) is 12.5. The summed E-state index contributed by atoms with van der Waals surface area (Å²) in [5.41, 5.74) is 1.03. The molecule has 1 aliphatic heterocycles. The number of hydrogen-bond acceptors (Lipinski definition) is 3. The van der Waals surface area contributed by atoms with Crippen LogP contribution in [-0.2, 0) is 14.6 Å². The van der Waals surface area contributed by atoms with Gasteiger partial charge in [-0.2, -0.15) is 0 Å². The van der Waals surface area contributed by atoms with Gasteiger partial charge in [-0.25, -0.2) is 8.42 Å². The Morgan fingerprint density at radius 1 is 1.29 bits per heavy atom. The molecule has 1 saturated heterocycles. The summed E-state index contributed by atoms with van der Waals surface area (Å²) in [6.07, 6.45) is 1.03. The first kappa shape index (κ1) is 12.1. The first-order valence-electron chi connectivity index (χ1n) is 5.56. The largest absolute Gasteiger partial charge is 0.352 e. The molecular formula is C12H15NO3S. The van der Waals surface area contributed by atoms with Gasteiger partial charge in [-0.3, -0.25) is 4.79 Å². The van der Waals surface area contributed by atoms with E-state index < -0.39 is 9.84 Å². The van der Waals surface area contributed by atoms with Crippen LogP contribution >= 0.6 is 0 Å². The van der Waals surface area contributed by atoms with E-state index in [0.717, 1.165) is 5.56 Å². The molecule has 1 aromatic carbocycles. The second-order valence-corrected chi connectivity index (χ2v) is 6.43. The van der Waals surface area contributed by atoms with Crippen molar-refractivity contribution in [2.75, 3.05) is 5.75 Å². The van der Waals surface area contributed by atoms with Crippen LogP contribution in [0, 0.1) is 6.92 Å². The van der Waals surface area contributed by atoms with Crippen molar-refractivity contribution in [3.05, 3.63) is 29.8 Å². The van der Waals surface area contributed by atoms with Gasteiger partial charge in [0, 0.05) is 12.5 Å². The molecule has 1 fully saturated rings. The predicted molar refractivity (Wildman–Crippen MR) is 64.4 cm³/mol. The van der Waals surface area contributed by atoms with Gasteiger partial charge in [0.1, 0.15) is 0 Å². The van der Waals surface area contributed by atoms with E-state index in [-0.39, 0.29) is 17.7 Å². The van der Waals surface area contributed by atoms with Crippen LogP contribution in [0.2, 0.25) is 0 Å². The molecule has 5 heteroatoms. The summed E-state index contributed by atoms with van der Waals surface area (Å²) in [5.74, 6) is -0.0731. The second-order valence-electron chi connectivity index (χ2n) is 4.40. The first-order chi connectivity index (χ1) is 7.97. The summed E-state index contributed by atoms with van der Waals surface area (Å²) in [5, 5.41) is 2.67. The molecule has 0 spiro atoms. The summed E-state index contributed by atoms with van der Waals surface area (Å²) in [6, 6.07) is 6.54. The van der Waals surface area contributed by atoms with Gasteiger partial charge < -0.3 is 5.32 Å². The van der Waals surface area contributed by atoms with E-state index in [9.17, 15) is 13.2 Å². The molecule has 2 rings (SSSR count). The summed E-state index contributed by atoms with van der Waals surface area (Å²) in [4.78, 5) is 11.3. The quantitative estimate of drug-likeness (QED) is 0.875. The summed E-state index contributed by atoms with van der Waals surface area (Å²) in [6.45, 7) is 1.91. The van der Waals surface area contributed by atoms with E-state index >= 15 is 0 Å². The van der Waals surface area contributed by atoms with Gasteiger partial charge in [-0.05, 0) is 25.5 Å². The molecule has 1 atom stereocenters. The van der Waals surface area contributed by atoms with Gasteiger partial charge >= 0.3 is 0 Å². The summed E-state index contributed by atoms with van der Waals surface area (Å²) in [7, 11) is -3.30. The van der Waals surface area contributed by atoms with Crippen LogP contribution < -0.4 is 5.32 Å². The number of benzene rings is 1. The minimum Gasteiger partial charge on any atom is -0.352 e. The lowest BCUT2D eigenvalue weighted by atomic mass is 10.2. The van der Waals surface area contributed by atoms with Crippen molar-refractivity contribution in [2.24, 2.45) is 0 Å². The normalized spacial score (nSPS) is 20.3. The van der Waals surface area contributed by atoms with Crippen molar-refractivity contribution in [3.63, 3.8) is 0 Å². The monoisotopic (exact) mass is 253 g/mol. The fourth-order valence-corrected chi connectivity index (χ4v) is 3.43. The first-order valence-corrected chi connectivity index (χ1v) is 7.21. The molecule has 0 aliphatic carbocycles. The van der Waals surface area contributed by atoms with Crippen LogP contribution in [0.3, 0.4) is 0 Å². The second kappa shape index (κ2) is 4.49. The highest BCUT2D eigenvalue weighted by Crippen LogP contribution is 2.16. The maximum absolute atomic E-state index is 12.1. The Labute approximate surface area is 101 Å². The molecule has 0 unspecified atom stereocenters. The molecule has 1 amide bonds. The Morgan fingerprint density at radius 2 is 1.94 bits per heavy atom. The standard InChI is InChI=1S/C12H15NO3S/c1-9-2-5-11(6-3-9)17(15,16)8-10-4-7-12(14)13-10/h2-3,5-6,10H,4,7-8H2,1H3,(H,13,14)/t10-/m1/s1. The van der Waals surface area contributed by atoms with Crippen LogP contribution in [0.4, 0.5) is 0 Å². The lowest BCUT2D eigenvalue weighted by Crippen LogP contribution is -2.32. The van der Waals surface area contributed by atoms with Gasteiger partial charge in [-0.1, -0.05) is 17.7 Å². The number of aryl methyl sites for hydroxylation is 1. The molecule has 1 aromatic rings. The van der Waals surface area contributed by atoms with E-state index in [1.807, 2.05) is 6.92 Å². The van der Waals surface area contributed by atoms with Gasteiger partial charge in [0.2, 0.25) is 5.91 Å². The highest BCUT2D eigenvalue weighted by Gasteiger charge is 2.27. The highest BCUT2D eigenvalue weighted by molar-refractivity contribution is 7.91. The van der Waals surface area contributed by atoms with Crippen molar-refractivity contribution >= 4 is 15.7 Å². The third-order valence-electron chi connectivity index (χ3n) is 2.89. The minimum absolute atomic E-state index is 0.0121. The van der Waals surface area contributed by atoms with Crippen LogP contribution in [0.15, 0.2) is 29.2 Å². The molecule has 1 heterocycles. The number of hydrogen-bond donors (Lipinski definition) is 1. The molecule has 92 valence electrons. The predicted octanol–water partition coefficient (Wildman–Crippen LogP) is 1.05. The van der Waals surface area contributed by atoms with Gasteiger partial charge in [0.25, 0.3) is 0 Å². The Bertz CT molecular complexity index is 519. The van der Waals surface area contributed by atoms with E-state index in [1.54, 1.807) is 24.3 Å². The molecule has 4 nitrogen and oxygen atoms in total. The number of carbonyl (C=O) groups is 1. The molecule has 0 aromatic heterocycles. The van der Waals surface area contributed by atoms with Crippen molar-refractivity contribution in [3.8, 4) is 0 Å². The number of carbonyl (C=O) groups excluding carboxylic acids is 1. The molecule has 0 saturated carbocycles. The Morgan fingerprint density at radius 3 is 2.47 bits per heavy atom. The Hall–Kier alpha value is -1.36. The smallest absolute Gasteiger partial charge is 0.220 e. The molecule has 1 N–H and O–H groups in total. The molecular weight excluding hydrogens is 238 g/mol. The van der Waals surface area contributed by atoms with Crippen LogP contribution in [0.1, 0.15) is 18.4 Å². The number of sulfone groups is 1. The number of nitrogens with one attached hydrogen (secondary N) is 1. The maximum Gasteiger partial charge on any atom is 0.220 e. The van der Waals surface area contributed by atoms with Crippen molar-refractivity contribution in [1.29, 1.82) is 0 Å². The van der Waals surface area contributed by atoms with E-state index in [2.05, 4.69) is 5.32 Å². The van der Waals surface area contributed by atoms with Gasteiger partial charge in [-0.15, -0.1) is 0 Å². The van der Waals surface area contributed by atoms with E-state index in [1.165, 1.54) is 0 Å². The highest BCUT2D eigenvalue weighted by atomic mass is 32.2. The van der Waals surface area contributed by atoms with Gasteiger partial charge in [0.05, 0.1) is 10.6 Å². The van der Waals surface area contributed by atoms with Crippen molar-refractivity contribution < 1.29 is 13.2 Å². The zero-order valence-corrected chi connectivity index (χ0v) is 10.5. The third kappa shape index (κ3) is 2.85. The van der Waals surface area contributed by atoms with E-state index in [0.29, 0.717) is 17.7 Å². The molecule has 0 radical (unpaired) electrons. The Balaban J connectivity index is 2.14. The van der Waals surface area contributed by atoms with Gasteiger partial charge in [0.15, 0.2) is 9.84 Å². The fourth-order valence-electron chi connectivity index (χ4n) is 1.91. The molecule has 1 aliphatic rings. The number of amides is 1. The fraction of sp³-hybridized carbons (Fsp3) is 0.417. The minimum atomic E-state index is -3.30. The topological polar surface area (TPSA) is 63.2 Å². The molecule has 17 heavy (non-hydrogen) atoms. The SMILES string of the molecule is Cc1ccc(S(=O)(=O)C[C@H]2CCC(=O)N2)cc1. The average molecular weight is 253 g/mol. The molecule has 0 bridgehead atoms. The lowest BCUT2D eigenvalue weighted by molar-refractivity contribution is -0.119. The number of rotatable bonds is 3. The van der Waals surface area contributed by atoms with Crippen LogP contribution in [0.25, 0.3) is 0 Å². The van der Waals surface area contributed by atoms with Crippen molar-refractivity contribution in [2.45, 2.75) is 30.7 Å². The van der Waals surface area contributed by atoms with E-state index in [4.69, 9.17) is 0 Å². The Kier molecular flexibility index (Phi) is 3.19. The van der Waals surface area contributed by atoms with Crippen LogP contribution in [-0.4, -0.2) is 26.1 Å². The average Bonchev–Trinajstić information content (AvgIpc) is 2.63. The summed E-state index contributed by atoms with van der Waals surface area (Å²) >= 11 is 0. The third-order valence-corrected chi connectivity index (χ3v) is 4.72. The lowest BCUT2D eigenvalue weighted by Gasteiger charge is -2.10. The maximum atomic E-state index is 12.1. The van der Waals surface area contributed by atoms with Crippen molar-refractivity contribution in [1.82, 2.24) is 5.32 Å².